The molecule has 0 atom stereocenters. The van der Waals surface area contributed by atoms with Crippen molar-refractivity contribution in [2.24, 2.45) is 7.05 Å². The highest BCUT2D eigenvalue weighted by atomic mass is 19.1. The van der Waals surface area contributed by atoms with E-state index in [2.05, 4.69) is 30.9 Å². The Morgan fingerprint density at radius 2 is 1.82 bits per heavy atom. The number of amides is 2. The summed E-state index contributed by atoms with van der Waals surface area (Å²) in [6, 6.07) is 5.78. The lowest BCUT2D eigenvalue weighted by Gasteiger charge is -2.18. The molecular formula is C29H37FN8O2. The van der Waals surface area contributed by atoms with Crippen LogP contribution in [0.25, 0.3) is 22.0 Å². The molecule has 1 aromatic carbocycles. The zero-order valence-electron chi connectivity index (χ0n) is 24.1. The second-order valence-corrected chi connectivity index (χ2v) is 11.2. The van der Waals surface area contributed by atoms with Crippen molar-refractivity contribution in [2.75, 3.05) is 43.1 Å². The molecule has 3 N–H and O–H groups in total. The van der Waals surface area contributed by atoms with E-state index in [4.69, 9.17) is 0 Å². The number of fused-ring (bicyclic) bond motifs is 1. The summed E-state index contributed by atoms with van der Waals surface area (Å²) in [7, 11) is 5.76. The van der Waals surface area contributed by atoms with Gasteiger partial charge in [-0.15, -0.1) is 0 Å². The summed E-state index contributed by atoms with van der Waals surface area (Å²) < 4.78 is 18.2. The molecule has 3 aromatic heterocycles. The third kappa shape index (κ3) is 6.48. The molecule has 0 spiro atoms. The van der Waals surface area contributed by atoms with E-state index in [1.165, 1.54) is 18.3 Å². The molecule has 212 valence electrons. The lowest BCUT2D eigenvalue weighted by molar-refractivity contribution is 0.262. The third-order valence-electron chi connectivity index (χ3n) is 6.58. The van der Waals surface area contributed by atoms with Crippen molar-refractivity contribution in [1.82, 2.24) is 24.2 Å². The summed E-state index contributed by atoms with van der Waals surface area (Å²) in [5, 5.41) is 13.6. The standard InChI is InChI=1S/C29H37FN8O2/c1-18-11-23(30)24(35-28(40)34-20-16-33-38(17-20)29(2,3)4)13-21(18)22-12-19-15-32-26(31-9-8-10-36(5)6)14-25(19)37(7)27(22)39/h11-17H,8-10H2,1-7H3,(H,31,32)(H2,34,35,40). The first-order chi connectivity index (χ1) is 18.8. The van der Waals surface area contributed by atoms with Crippen LogP contribution in [0.5, 0.6) is 0 Å². The van der Waals surface area contributed by atoms with Crippen LogP contribution in [0.4, 0.5) is 26.4 Å². The fourth-order valence-corrected chi connectivity index (χ4v) is 4.36. The van der Waals surface area contributed by atoms with Crippen LogP contribution < -0.4 is 21.5 Å². The second-order valence-electron chi connectivity index (χ2n) is 11.2. The molecule has 3 heterocycles. The number of nitrogens with zero attached hydrogens (tertiary/aromatic N) is 5. The van der Waals surface area contributed by atoms with E-state index >= 15 is 0 Å². The van der Waals surface area contributed by atoms with Crippen molar-refractivity contribution in [3.8, 4) is 11.1 Å². The van der Waals surface area contributed by atoms with Crippen molar-refractivity contribution in [1.29, 1.82) is 0 Å². The van der Waals surface area contributed by atoms with Crippen LogP contribution in [0.2, 0.25) is 0 Å². The van der Waals surface area contributed by atoms with Gasteiger partial charge in [-0.2, -0.15) is 5.10 Å². The second kappa shape index (κ2) is 11.5. The molecule has 0 bridgehead atoms. The van der Waals surface area contributed by atoms with Crippen LogP contribution in [-0.2, 0) is 12.6 Å². The molecule has 0 aliphatic rings. The molecular weight excluding hydrogens is 511 g/mol. The average Bonchev–Trinajstić information content (AvgIpc) is 3.35. The van der Waals surface area contributed by atoms with Crippen LogP contribution >= 0.6 is 0 Å². The topological polar surface area (TPSA) is 109 Å². The largest absolute Gasteiger partial charge is 0.370 e. The van der Waals surface area contributed by atoms with Crippen molar-refractivity contribution >= 4 is 34.1 Å². The Labute approximate surface area is 233 Å². The fraction of sp³-hybridized carbons (Fsp3) is 0.379. The molecule has 40 heavy (non-hydrogen) atoms. The van der Waals surface area contributed by atoms with Crippen molar-refractivity contribution in [3.05, 3.63) is 64.6 Å². The lowest BCUT2D eigenvalue weighted by Crippen LogP contribution is -2.23. The van der Waals surface area contributed by atoms with Gasteiger partial charge in [0.2, 0.25) is 0 Å². The maximum absolute atomic E-state index is 14.9. The van der Waals surface area contributed by atoms with Gasteiger partial charge in [0.05, 0.1) is 28.6 Å². The molecule has 11 heteroatoms. The molecule has 0 fully saturated rings. The van der Waals surface area contributed by atoms with Crippen LogP contribution in [0.1, 0.15) is 32.8 Å². The minimum absolute atomic E-state index is 0.0427. The summed E-state index contributed by atoms with van der Waals surface area (Å²) >= 11 is 0. The average molecular weight is 549 g/mol. The van der Waals surface area contributed by atoms with Crippen LogP contribution in [0.15, 0.2) is 47.7 Å². The van der Waals surface area contributed by atoms with Gasteiger partial charge in [0, 0.05) is 43.0 Å². The highest BCUT2D eigenvalue weighted by molar-refractivity contribution is 6.00. The van der Waals surface area contributed by atoms with E-state index in [0.29, 0.717) is 28.2 Å². The quantitative estimate of drug-likeness (QED) is 0.267. The number of aryl methyl sites for hydroxylation is 2. The molecule has 4 aromatic rings. The minimum atomic E-state index is -0.622. The van der Waals surface area contributed by atoms with Gasteiger partial charge in [0.1, 0.15) is 11.6 Å². The number of anilines is 3. The molecule has 0 radical (unpaired) electrons. The summed E-state index contributed by atoms with van der Waals surface area (Å²) in [5.41, 5.74) is 2.14. The number of nitrogens with one attached hydrogen (secondary N) is 3. The lowest BCUT2D eigenvalue weighted by atomic mass is 9.99. The smallest absolute Gasteiger partial charge is 0.323 e. The summed E-state index contributed by atoms with van der Waals surface area (Å²) in [6.07, 6.45) is 5.91. The van der Waals surface area contributed by atoms with Gasteiger partial charge >= 0.3 is 6.03 Å². The van der Waals surface area contributed by atoms with Crippen LogP contribution in [0.3, 0.4) is 0 Å². The van der Waals surface area contributed by atoms with Crippen LogP contribution in [0, 0.1) is 12.7 Å². The summed E-state index contributed by atoms with van der Waals surface area (Å²) in [4.78, 5) is 32.7. The summed E-state index contributed by atoms with van der Waals surface area (Å²) in [5.74, 6) is 0.0866. The number of carbonyl (C=O) groups excluding carboxylic acids is 1. The van der Waals surface area contributed by atoms with E-state index in [0.717, 1.165) is 30.4 Å². The Morgan fingerprint density at radius 3 is 2.50 bits per heavy atom. The van der Waals surface area contributed by atoms with Crippen molar-refractivity contribution in [3.63, 3.8) is 0 Å². The number of rotatable bonds is 8. The Balaban J connectivity index is 1.59. The molecule has 2 amide bonds. The normalized spacial score (nSPS) is 11.7. The van der Waals surface area contributed by atoms with Crippen LogP contribution in [-0.4, -0.2) is 57.4 Å². The first-order valence-corrected chi connectivity index (χ1v) is 13.2. The Hall–Kier alpha value is -4.25. The number of hydrogen-bond acceptors (Lipinski definition) is 6. The maximum atomic E-state index is 14.9. The first kappa shape index (κ1) is 28.8. The molecule has 0 saturated carbocycles. The molecule has 0 aliphatic heterocycles. The predicted molar refractivity (Wildman–Crippen MR) is 159 cm³/mol. The third-order valence-corrected chi connectivity index (χ3v) is 6.58. The van der Waals surface area contributed by atoms with Gasteiger partial charge in [0.25, 0.3) is 5.56 Å². The van der Waals surface area contributed by atoms with Gasteiger partial charge in [0.15, 0.2) is 0 Å². The number of aromatic nitrogens is 4. The van der Waals surface area contributed by atoms with Gasteiger partial charge in [-0.05, 0) is 84.1 Å². The van der Waals surface area contributed by atoms with Gasteiger partial charge in [-0.1, -0.05) is 0 Å². The SMILES string of the molecule is Cc1cc(F)c(NC(=O)Nc2cnn(C(C)(C)C)c2)cc1-c1cc2cnc(NCCCN(C)C)cc2n(C)c1=O. The van der Waals surface area contributed by atoms with Crippen molar-refractivity contribution < 1.29 is 9.18 Å². The number of pyridine rings is 2. The zero-order valence-corrected chi connectivity index (χ0v) is 24.1. The van der Waals surface area contributed by atoms with E-state index in [9.17, 15) is 14.0 Å². The molecule has 0 saturated heterocycles. The van der Waals surface area contributed by atoms with E-state index < -0.39 is 11.8 Å². The van der Waals surface area contributed by atoms with Crippen molar-refractivity contribution in [2.45, 2.75) is 39.7 Å². The highest BCUT2D eigenvalue weighted by Gasteiger charge is 2.18. The Kier molecular flexibility index (Phi) is 8.24. The molecule has 4 rings (SSSR count). The Bertz CT molecular complexity index is 1600. The van der Waals surface area contributed by atoms with E-state index in [1.807, 2.05) is 40.9 Å². The number of carbonyl (C=O) groups is 1. The predicted octanol–water partition coefficient (Wildman–Crippen LogP) is 5.01. The number of hydrogen-bond donors (Lipinski definition) is 3. The van der Waals surface area contributed by atoms with Gasteiger partial charge < -0.3 is 25.4 Å². The fourth-order valence-electron chi connectivity index (χ4n) is 4.36. The monoisotopic (exact) mass is 548 g/mol. The van der Waals surface area contributed by atoms with E-state index in [-0.39, 0.29) is 16.8 Å². The van der Waals surface area contributed by atoms with E-state index in [1.54, 1.807) is 41.7 Å². The molecule has 0 unspecified atom stereocenters. The summed E-state index contributed by atoms with van der Waals surface area (Å²) in [6.45, 7) is 9.42. The number of urea groups is 1. The number of benzene rings is 1. The first-order valence-electron chi connectivity index (χ1n) is 13.2. The minimum Gasteiger partial charge on any atom is -0.370 e. The molecule has 0 aliphatic carbocycles. The Morgan fingerprint density at radius 1 is 1.07 bits per heavy atom. The van der Waals surface area contributed by atoms with Gasteiger partial charge in [-0.25, -0.2) is 14.2 Å². The highest BCUT2D eigenvalue weighted by Crippen LogP contribution is 2.29. The van der Waals surface area contributed by atoms with Gasteiger partial charge in [-0.3, -0.25) is 9.48 Å². The zero-order chi connectivity index (χ0) is 29.2. The number of halogens is 1. The molecule has 10 nitrogen and oxygen atoms in total. The maximum Gasteiger partial charge on any atom is 0.323 e.